The summed E-state index contributed by atoms with van der Waals surface area (Å²) in [5.74, 6) is -0.0617. The van der Waals surface area contributed by atoms with Crippen molar-refractivity contribution in [3.05, 3.63) is 69.5 Å². The summed E-state index contributed by atoms with van der Waals surface area (Å²) in [4.78, 5) is 23.4. The van der Waals surface area contributed by atoms with Gasteiger partial charge >= 0.3 is 0 Å². The molecule has 0 aliphatic carbocycles. The van der Waals surface area contributed by atoms with Crippen molar-refractivity contribution in [3.63, 3.8) is 0 Å². The Balaban J connectivity index is 1.97. The molecule has 1 aromatic heterocycles. The summed E-state index contributed by atoms with van der Waals surface area (Å²) in [6, 6.07) is 13.7. The molecule has 2 N–H and O–H groups in total. The third kappa shape index (κ3) is 3.33. The molecule has 7 heteroatoms. The molecular formula is C17H13ClN4O2. The van der Waals surface area contributed by atoms with Gasteiger partial charge in [-0.2, -0.15) is 5.11 Å². The molecule has 120 valence electrons. The fraction of sp³-hybridized carbons (Fsp3) is 0.0588. The Hall–Kier alpha value is -2.99. The van der Waals surface area contributed by atoms with E-state index >= 15 is 0 Å². The van der Waals surface area contributed by atoms with Crippen molar-refractivity contribution < 1.29 is 4.79 Å². The Morgan fingerprint density at radius 3 is 2.50 bits per heavy atom. The van der Waals surface area contributed by atoms with Crippen LogP contribution >= 0.6 is 11.6 Å². The minimum atomic E-state index is -0.383. The first-order chi connectivity index (χ1) is 11.5. The van der Waals surface area contributed by atoms with Gasteiger partial charge in [0.1, 0.15) is 0 Å². The number of Topliss-reactive ketones (excluding diaryl/α,β-unsaturated/α-hetero) is 1. The topological polar surface area (TPSA) is 90.4 Å². The quantitative estimate of drug-likeness (QED) is 0.535. The molecule has 0 unspecified atom stereocenters. The van der Waals surface area contributed by atoms with Crippen molar-refractivity contribution in [2.24, 2.45) is 10.2 Å². The van der Waals surface area contributed by atoms with Crippen LogP contribution in [0.25, 0.3) is 11.3 Å². The van der Waals surface area contributed by atoms with E-state index in [1.807, 2.05) is 0 Å². The SMILES string of the molecule is CC(=O)c1cccc(N=Nc2c(-c3ccc(Cl)cc3)[nH][nH]c2=O)c1. The van der Waals surface area contributed by atoms with Crippen LogP contribution in [0.5, 0.6) is 0 Å². The van der Waals surface area contributed by atoms with Gasteiger partial charge < -0.3 is 0 Å². The minimum Gasteiger partial charge on any atom is -0.295 e. The lowest BCUT2D eigenvalue weighted by Crippen LogP contribution is -1.96. The van der Waals surface area contributed by atoms with Gasteiger partial charge in [-0.1, -0.05) is 35.9 Å². The second-order valence-corrected chi connectivity index (χ2v) is 5.55. The van der Waals surface area contributed by atoms with Crippen molar-refractivity contribution >= 4 is 28.8 Å². The van der Waals surface area contributed by atoms with Crippen LogP contribution < -0.4 is 5.56 Å². The number of azo groups is 1. The molecule has 6 nitrogen and oxygen atoms in total. The summed E-state index contributed by atoms with van der Waals surface area (Å²) >= 11 is 5.88. The van der Waals surface area contributed by atoms with E-state index in [2.05, 4.69) is 20.4 Å². The van der Waals surface area contributed by atoms with Crippen LogP contribution in [0.15, 0.2) is 63.6 Å². The molecule has 0 saturated carbocycles. The molecule has 2 aromatic carbocycles. The van der Waals surface area contributed by atoms with Crippen LogP contribution in [0.2, 0.25) is 5.02 Å². The Bertz CT molecular complexity index is 971. The Labute approximate surface area is 142 Å². The second kappa shape index (κ2) is 6.64. The highest BCUT2D eigenvalue weighted by molar-refractivity contribution is 6.30. The van der Waals surface area contributed by atoms with Crippen molar-refractivity contribution in [2.75, 3.05) is 0 Å². The maximum atomic E-state index is 12.0. The number of nitrogens with zero attached hydrogens (tertiary/aromatic N) is 2. The van der Waals surface area contributed by atoms with E-state index in [0.29, 0.717) is 22.0 Å². The van der Waals surface area contributed by atoms with Crippen LogP contribution in [0, 0.1) is 0 Å². The first-order valence-corrected chi connectivity index (χ1v) is 7.52. The lowest BCUT2D eigenvalue weighted by Gasteiger charge is -1.99. The molecule has 0 bridgehead atoms. The summed E-state index contributed by atoms with van der Waals surface area (Å²) in [6.45, 7) is 1.48. The van der Waals surface area contributed by atoms with Gasteiger partial charge in [0.25, 0.3) is 5.56 Å². The molecule has 3 rings (SSSR count). The predicted octanol–water partition coefficient (Wildman–Crippen LogP) is 4.64. The van der Waals surface area contributed by atoms with Crippen molar-refractivity contribution in [1.29, 1.82) is 0 Å². The molecule has 0 spiro atoms. The molecule has 0 radical (unpaired) electrons. The lowest BCUT2D eigenvalue weighted by atomic mass is 10.1. The highest BCUT2D eigenvalue weighted by Crippen LogP contribution is 2.27. The summed E-state index contributed by atoms with van der Waals surface area (Å²) in [5.41, 5.74) is 2.07. The molecule has 0 aliphatic heterocycles. The monoisotopic (exact) mass is 340 g/mol. The average molecular weight is 341 g/mol. The van der Waals surface area contributed by atoms with E-state index in [1.54, 1.807) is 48.5 Å². The molecule has 1 heterocycles. The van der Waals surface area contributed by atoms with E-state index in [0.717, 1.165) is 5.56 Å². The summed E-state index contributed by atoms with van der Waals surface area (Å²) in [6.07, 6.45) is 0. The number of benzene rings is 2. The van der Waals surface area contributed by atoms with Crippen molar-refractivity contribution in [1.82, 2.24) is 10.2 Å². The first-order valence-electron chi connectivity index (χ1n) is 7.14. The molecule has 0 atom stereocenters. The number of H-pyrrole nitrogens is 2. The molecule has 0 saturated heterocycles. The number of halogens is 1. The average Bonchev–Trinajstić information content (AvgIpc) is 2.95. The van der Waals surface area contributed by atoms with Gasteiger partial charge in [0.15, 0.2) is 11.5 Å². The number of hydrogen-bond donors (Lipinski definition) is 2. The molecule has 0 fully saturated rings. The van der Waals surface area contributed by atoms with Crippen molar-refractivity contribution in [3.8, 4) is 11.3 Å². The fourth-order valence-corrected chi connectivity index (χ4v) is 2.29. The standard InChI is InChI=1S/C17H13ClN4O2/c1-10(23)12-3-2-4-14(9-12)19-21-16-15(20-22-17(16)24)11-5-7-13(18)8-6-11/h2-9H,1H3,(H2,20,22,24). The van der Waals surface area contributed by atoms with E-state index in [1.165, 1.54) is 6.92 Å². The molecule has 0 amide bonds. The van der Waals surface area contributed by atoms with Gasteiger partial charge in [0, 0.05) is 16.1 Å². The van der Waals surface area contributed by atoms with E-state index in [-0.39, 0.29) is 17.0 Å². The van der Waals surface area contributed by atoms with Gasteiger partial charge in [0.05, 0.1) is 11.4 Å². The third-order valence-electron chi connectivity index (χ3n) is 3.40. The number of hydrogen-bond acceptors (Lipinski definition) is 4. The number of aromatic nitrogens is 2. The molecule has 0 aliphatic rings. The number of carbonyl (C=O) groups excluding carboxylic acids is 1. The van der Waals surface area contributed by atoms with E-state index < -0.39 is 0 Å². The van der Waals surface area contributed by atoms with Gasteiger partial charge in [-0.25, -0.2) is 0 Å². The first kappa shape index (κ1) is 15.9. The van der Waals surface area contributed by atoms with Gasteiger partial charge in [-0.05, 0) is 31.2 Å². The van der Waals surface area contributed by atoms with Crippen molar-refractivity contribution in [2.45, 2.75) is 6.92 Å². The Kier molecular flexibility index (Phi) is 4.39. The van der Waals surface area contributed by atoms with Gasteiger partial charge in [-0.3, -0.25) is 19.8 Å². The zero-order valence-corrected chi connectivity index (χ0v) is 13.5. The molecular weight excluding hydrogens is 328 g/mol. The molecule has 3 aromatic rings. The van der Waals surface area contributed by atoms with Crippen LogP contribution in [0.4, 0.5) is 11.4 Å². The Morgan fingerprint density at radius 1 is 1.04 bits per heavy atom. The minimum absolute atomic E-state index is 0.0617. The maximum absolute atomic E-state index is 12.0. The smallest absolute Gasteiger partial charge is 0.292 e. The summed E-state index contributed by atoms with van der Waals surface area (Å²) in [7, 11) is 0. The number of aromatic amines is 2. The maximum Gasteiger partial charge on any atom is 0.292 e. The number of carbonyl (C=O) groups is 1. The van der Waals surface area contributed by atoms with Crippen LogP contribution in [-0.4, -0.2) is 16.0 Å². The van der Waals surface area contributed by atoms with E-state index in [4.69, 9.17) is 11.6 Å². The largest absolute Gasteiger partial charge is 0.295 e. The summed E-state index contributed by atoms with van der Waals surface area (Å²) < 4.78 is 0. The van der Waals surface area contributed by atoms with Crippen LogP contribution in [-0.2, 0) is 0 Å². The normalized spacial score (nSPS) is 11.1. The molecule has 24 heavy (non-hydrogen) atoms. The highest BCUT2D eigenvalue weighted by Gasteiger charge is 2.11. The van der Waals surface area contributed by atoms with Gasteiger partial charge in [-0.15, -0.1) is 5.11 Å². The zero-order valence-electron chi connectivity index (χ0n) is 12.7. The summed E-state index contributed by atoms with van der Waals surface area (Å²) in [5, 5.41) is 14.0. The third-order valence-corrected chi connectivity index (χ3v) is 3.66. The number of ketones is 1. The van der Waals surface area contributed by atoms with Crippen LogP contribution in [0.3, 0.4) is 0 Å². The van der Waals surface area contributed by atoms with Gasteiger partial charge in [0.2, 0.25) is 0 Å². The number of rotatable bonds is 4. The predicted molar refractivity (Wildman–Crippen MR) is 92.5 cm³/mol. The zero-order chi connectivity index (χ0) is 17.1. The highest BCUT2D eigenvalue weighted by atomic mass is 35.5. The Morgan fingerprint density at radius 2 is 1.79 bits per heavy atom. The van der Waals surface area contributed by atoms with E-state index in [9.17, 15) is 9.59 Å². The lowest BCUT2D eigenvalue weighted by molar-refractivity contribution is 0.101. The number of nitrogens with one attached hydrogen (secondary N) is 2. The second-order valence-electron chi connectivity index (χ2n) is 5.12. The fourth-order valence-electron chi connectivity index (χ4n) is 2.17. The van der Waals surface area contributed by atoms with Crippen LogP contribution in [0.1, 0.15) is 17.3 Å².